The van der Waals surface area contributed by atoms with Crippen molar-refractivity contribution in [2.45, 2.75) is 39.2 Å². The van der Waals surface area contributed by atoms with Crippen molar-refractivity contribution in [2.24, 2.45) is 0 Å². The molecule has 4 rings (SSSR count). The number of aromatic nitrogens is 4. The topological polar surface area (TPSA) is 106 Å². The number of nitriles is 1. The molecule has 146 valence electrons. The van der Waals surface area contributed by atoms with E-state index in [2.05, 4.69) is 15.5 Å². The van der Waals surface area contributed by atoms with Crippen molar-refractivity contribution in [1.82, 2.24) is 19.6 Å². The fraction of sp³-hybridized carbons (Fsp3) is 0.286. The summed E-state index contributed by atoms with van der Waals surface area (Å²) in [4.78, 5) is 25.1. The number of rotatable bonds is 5. The summed E-state index contributed by atoms with van der Waals surface area (Å²) >= 11 is 0. The van der Waals surface area contributed by atoms with E-state index in [0.29, 0.717) is 23.0 Å². The van der Waals surface area contributed by atoms with Crippen LogP contribution in [0.15, 0.2) is 41.2 Å². The van der Waals surface area contributed by atoms with Crippen molar-refractivity contribution in [3.8, 4) is 11.8 Å². The highest BCUT2D eigenvalue weighted by molar-refractivity contribution is 5.90. The second-order valence-corrected chi connectivity index (χ2v) is 7.18. The van der Waals surface area contributed by atoms with Crippen LogP contribution in [0.3, 0.4) is 0 Å². The summed E-state index contributed by atoms with van der Waals surface area (Å²) in [5, 5.41) is 20.9. The van der Waals surface area contributed by atoms with Gasteiger partial charge in [-0.1, -0.05) is 18.2 Å². The summed E-state index contributed by atoms with van der Waals surface area (Å²) < 4.78 is 2.73. The van der Waals surface area contributed by atoms with Crippen molar-refractivity contribution in [1.29, 1.82) is 5.26 Å². The quantitative estimate of drug-likeness (QED) is 0.723. The van der Waals surface area contributed by atoms with Crippen LogP contribution in [-0.2, 0) is 11.3 Å². The van der Waals surface area contributed by atoms with Gasteiger partial charge in [0.1, 0.15) is 24.0 Å². The van der Waals surface area contributed by atoms with Crippen LogP contribution in [-0.4, -0.2) is 25.5 Å². The first-order chi connectivity index (χ1) is 14.0. The van der Waals surface area contributed by atoms with Crippen molar-refractivity contribution < 1.29 is 4.79 Å². The largest absolute Gasteiger partial charge is 0.309 e. The van der Waals surface area contributed by atoms with Crippen molar-refractivity contribution in [2.75, 3.05) is 5.32 Å². The molecule has 0 aliphatic heterocycles. The van der Waals surface area contributed by atoms with E-state index in [1.807, 2.05) is 42.5 Å². The van der Waals surface area contributed by atoms with Crippen LogP contribution < -0.4 is 10.9 Å². The second kappa shape index (κ2) is 7.36. The van der Waals surface area contributed by atoms with Gasteiger partial charge in [0, 0.05) is 12.0 Å². The van der Waals surface area contributed by atoms with E-state index in [9.17, 15) is 14.9 Å². The molecule has 0 radical (unpaired) electrons. The molecule has 0 saturated heterocycles. The van der Waals surface area contributed by atoms with E-state index in [4.69, 9.17) is 0 Å². The molecule has 3 aromatic rings. The predicted octanol–water partition coefficient (Wildman–Crippen LogP) is 2.43. The van der Waals surface area contributed by atoms with Crippen LogP contribution in [0.4, 0.5) is 5.82 Å². The lowest BCUT2D eigenvalue weighted by molar-refractivity contribution is -0.117. The summed E-state index contributed by atoms with van der Waals surface area (Å²) in [5.41, 5.74) is 2.29. The molecule has 1 N–H and O–H groups in total. The highest BCUT2D eigenvalue weighted by Crippen LogP contribution is 2.40. The third-order valence-corrected chi connectivity index (χ3v) is 5.03. The Bertz CT molecular complexity index is 1180. The monoisotopic (exact) mass is 388 g/mol. The predicted molar refractivity (Wildman–Crippen MR) is 107 cm³/mol. The molecular formula is C21H20N6O2. The van der Waals surface area contributed by atoms with Crippen molar-refractivity contribution in [3.63, 3.8) is 0 Å². The van der Waals surface area contributed by atoms with Crippen LogP contribution >= 0.6 is 0 Å². The van der Waals surface area contributed by atoms with Gasteiger partial charge in [0.2, 0.25) is 5.91 Å². The van der Waals surface area contributed by atoms with Gasteiger partial charge in [-0.2, -0.15) is 15.5 Å². The third-order valence-electron chi connectivity index (χ3n) is 5.03. The van der Waals surface area contributed by atoms with Gasteiger partial charge in [0.05, 0.1) is 17.1 Å². The molecule has 0 bridgehead atoms. The first kappa shape index (κ1) is 18.6. The third kappa shape index (κ3) is 3.67. The van der Waals surface area contributed by atoms with Crippen molar-refractivity contribution >= 4 is 11.7 Å². The number of carbonyl (C=O) groups excluding carboxylic acids is 1. The maximum absolute atomic E-state index is 12.7. The Labute approximate surface area is 167 Å². The Morgan fingerprint density at radius 1 is 1.24 bits per heavy atom. The van der Waals surface area contributed by atoms with E-state index >= 15 is 0 Å². The Kier molecular flexibility index (Phi) is 4.72. The fourth-order valence-electron chi connectivity index (χ4n) is 3.16. The van der Waals surface area contributed by atoms with E-state index in [1.165, 1.54) is 0 Å². The lowest BCUT2D eigenvalue weighted by Crippen LogP contribution is -2.32. The van der Waals surface area contributed by atoms with Crippen LogP contribution in [0.5, 0.6) is 0 Å². The smallest absolute Gasteiger partial charge is 0.285 e. The summed E-state index contributed by atoms with van der Waals surface area (Å²) in [6.45, 7) is 3.09. The van der Waals surface area contributed by atoms with Gasteiger partial charge >= 0.3 is 0 Å². The van der Waals surface area contributed by atoms with Gasteiger partial charge in [-0.25, -0.2) is 9.36 Å². The van der Waals surface area contributed by atoms with Gasteiger partial charge < -0.3 is 5.32 Å². The van der Waals surface area contributed by atoms with E-state index in [-0.39, 0.29) is 12.1 Å². The van der Waals surface area contributed by atoms with Crippen LogP contribution in [0.2, 0.25) is 0 Å². The zero-order valence-electron chi connectivity index (χ0n) is 16.2. The average molecular weight is 388 g/mol. The van der Waals surface area contributed by atoms with E-state index in [0.717, 1.165) is 28.9 Å². The molecular weight excluding hydrogens is 368 g/mol. The number of aryl methyl sites for hydroxylation is 1. The number of nitrogens with one attached hydrogen (secondary N) is 1. The molecule has 29 heavy (non-hydrogen) atoms. The number of hydrogen-bond donors (Lipinski definition) is 1. The average Bonchev–Trinajstić information content (AvgIpc) is 3.48. The highest BCUT2D eigenvalue weighted by Gasteiger charge is 2.28. The van der Waals surface area contributed by atoms with Gasteiger partial charge in [-0.05, 0) is 44.4 Å². The SMILES string of the molecule is Cc1nn(CC(=O)Nc2cc(C3CC3)nn2-c2ccccc2)c(=O)c(C#N)c1C. The zero-order valence-corrected chi connectivity index (χ0v) is 16.2. The molecule has 8 heteroatoms. The van der Waals surface area contributed by atoms with E-state index < -0.39 is 11.5 Å². The van der Waals surface area contributed by atoms with Gasteiger partial charge in [0.25, 0.3) is 5.56 Å². The summed E-state index contributed by atoms with van der Waals surface area (Å²) in [6, 6.07) is 13.3. The summed E-state index contributed by atoms with van der Waals surface area (Å²) in [6.07, 6.45) is 2.19. The molecule has 1 fully saturated rings. The van der Waals surface area contributed by atoms with Crippen molar-refractivity contribution in [3.05, 3.63) is 69.3 Å². The van der Waals surface area contributed by atoms with E-state index in [1.54, 1.807) is 18.5 Å². The second-order valence-electron chi connectivity index (χ2n) is 7.18. The standard InChI is InChI=1S/C21H20N6O2/c1-13-14(2)24-26(21(29)17(13)11-22)12-20(28)23-19-10-18(15-8-9-15)25-27(19)16-6-4-3-5-7-16/h3-7,10,15H,8-9,12H2,1-2H3,(H,23,28). The molecule has 2 aromatic heterocycles. The molecule has 0 atom stereocenters. The fourth-order valence-corrected chi connectivity index (χ4v) is 3.16. The lowest BCUT2D eigenvalue weighted by Gasteiger charge is -2.11. The number of hydrogen-bond acceptors (Lipinski definition) is 5. The molecule has 1 amide bonds. The maximum atomic E-state index is 12.7. The number of carbonyl (C=O) groups is 1. The molecule has 1 saturated carbocycles. The van der Waals surface area contributed by atoms with Crippen LogP contribution in [0.25, 0.3) is 5.69 Å². The molecule has 1 aliphatic carbocycles. The number of anilines is 1. The molecule has 8 nitrogen and oxygen atoms in total. The normalized spacial score (nSPS) is 13.1. The summed E-state index contributed by atoms with van der Waals surface area (Å²) in [7, 11) is 0. The zero-order chi connectivity index (χ0) is 20.5. The highest BCUT2D eigenvalue weighted by atomic mass is 16.2. The number of amides is 1. The number of benzene rings is 1. The lowest BCUT2D eigenvalue weighted by atomic mass is 10.1. The summed E-state index contributed by atoms with van der Waals surface area (Å²) in [5.74, 6) is 0.560. The first-order valence-electron chi connectivity index (χ1n) is 9.41. The number of para-hydroxylation sites is 1. The minimum atomic E-state index is -0.569. The van der Waals surface area contributed by atoms with Gasteiger partial charge in [0.15, 0.2) is 0 Å². The minimum absolute atomic E-state index is 0.00986. The minimum Gasteiger partial charge on any atom is -0.309 e. The Balaban J connectivity index is 1.62. The first-order valence-corrected chi connectivity index (χ1v) is 9.41. The van der Waals surface area contributed by atoms with Gasteiger partial charge in [-0.3, -0.25) is 9.59 Å². The van der Waals surface area contributed by atoms with Crippen LogP contribution in [0, 0.1) is 25.2 Å². The van der Waals surface area contributed by atoms with Gasteiger partial charge in [-0.15, -0.1) is 0 Å². The molecule has 1 aliphatic rings. The molecule has 0 unspecified atom stereocenters. The maximum Gasteiger partial charge on any atom is 0.285 e. The number of nitrogens with zero attached hydrogens (tertiary/aromatic N) is 5. The Morgan fingerprint density at radius 3 is 2.62 bits per heavy atom. The molecule has 0 spiro atoms. The molecule has 1 aromatic carbocycles. The Morgan fingerprint density at radius 2 is 1.97 bits per heavy atom. The Hall–Kier alpha value is -3.73. The van der Waals surface area contributed by atoms with Crippen LogP contribution in [0.1, 0.15) is 41.3 Å². The molecule has 2 heterocycles.